The molecule has 0 amide bonds. The molecule has 356 valence electrons. The Morgan fingerprint density at radius 1 is 0.400 bits per heavy atom. The summed E-state index contributed by atoms with van der Waals surface area (Å²) in [6.45, 7) is 13.8. The van der Waals surface area contributed by atoms with Crippen LogP contribution >= 0.6 is 0 Å². The highest BCUT2D eigenvalue weighted by molar-refractivity contribution is 5.70. The van der Waals surface area contributed by atoms with Crippen molar-refractivity contribution in [2.75, 3.05) is 53.5 Å². The van der Waals surface area contributed by atoms with Crippen LogP contribution in [0.25, 0.3) is 0 Å². The smallest absolute Gasteiger partial charge is 0.306 e. The van der Waals surface area contributed by atoms with Crippen LogP contribution in [0.2, 0.25) is 0 Å². The van der Waals surface area contributed by atoms with Crippen LogP contribution in [-0.4, -0.2) is 87.3 Å². The Balaban J connectivity index is 4.41. The van der Waals surface area contributed by atoms with Crippen LogP contribution in [0.3, 0.4) is 0 Å². The highest BCUT2D eigenvalue weighted by Gasteiger charge is 2.15. The number of carbonyl (C=O) groups is 3. The lowest BCUT2D eigenvalue weighted by molar-refractivity contribution is -0.150. The van der Waals surface area contributed by atoms with Gasteiger partial charge < -0.3 is 19.1 Å². The molecule has 0 aliphatic carbocycles. The van der Waals surface area contributed by atoms with Gasteiger partial charge in [0, 0.05) is 25.8 Å². The molecule has 8 nitrogen and oxygen atoms in total. The summed E-state index contributed by atoms with van der Waals surface area (Å²) in [6.07, 6.45) is 39.2. The van der Waals surface area contributed by atoms with Gasteiger partial charge in [0.25, 0.3) is 0 Å². The molecule has 0 saturated heterocycles. The first-order valence-corrected chi connectivity index (χ1v) is 26.1. The zero-order valence-electron chi connectivity index (χ0n) is 41.0. The summed E-state index contributed by atoms with van der Waals surface area (Å²) < 4.78 is 17.2. The molecule has 0 unspecified atom stereocenters. The molecule has 0 aliphatic heterocycles. The van der Waals surface area contributed by atoms with E-state index in [9.17, 15) is 14.4 Å². The molecule has 0 bridgehead atoms. The van der Waals surface area contributed by atoms with Gasteiger partial charge in [-0.05, 0) is 104 Å². The Bertz CT molecular complexity index is 927. The van der Waals surface area contributed by atoms with Gasteiger partial charge >= 0.3 is 17.9 Å². The highest BCUT2D eigenvalue weighted by atomic mass is 16.5. The molecule has 0 atom stereocenters. The minimum Gasteiger partial charge on any atom is -0.466 e. The SMILES string of the molecule is CCCCCCCCC(CCCCCCCC)OC(=O)CCCCCCCN(CCCCCCCOC(=O)CCCCCCCCC(C)C)CCOC(=O)CCCN(C)C. The molecule has 0 aromatic carbocycles. The predicted molar refractivity (Wildman–Crippen MR) is 255 cm³/mol. The average molecular weight is 851 g/mol. The third-order valence-electron chi connectivity index (χ3n) is 11.9. The fourth-order valence-electron chi connectivity index (χ4n) is 7.94. The number of esters is 3. The molecule has 0 aromatic rings. The van der Waals surface area contributed by atoms with E-state index in [0.29, 0.717) is 32.5 Å². The molecule has 0 saturated carbocycles. The zero-order chi connectivity index (χ0) is 44.2. The van der Waals surface area contributed by atoms with Crippen LogP contribution in [0.15, 0.2) is 0 Å². The van der Waals surface area contributed by atoms with E-state index in [1.165, 1.54) is 109 Å². The lowest BCUT2D eigenvalue weighted by Crippen LogP contribution is -2.30. The molecular formula is C52H102N2O6. The topological polar surface area (TPSA) is 85.4 Å². The molecular weight excluding hydrogens is 749 g/mol. The summed E-state index contributed by atoms with van der Waals surface area (Å²) >= 11 is 0. The van der Waals surface area contributed by atoms with Crippen LogP contribution in [0.1, 0.15) is 252 Å². The van der Waals surface area contributed by atoms with Crippen molar-refractivity contribution in [3.05, 3.63) is 0 Å². The summed E-state index contributed by atoms with van der Waals surface area (Å²) in [5.74, 6) is 0.672. The highest BCUT2D eigenvalue weighted by Crippen LogP contribution is 2.19. The predicted octanol–water partition coefficient (Wildman–Crippen LogP) is 14.2. The van der Waals surface area contributed by atoms with E-state index in [-0.39, 0.29) is 24.0 Å². The molecule has 0 aliphatic rings. The van der Waals surface area contributed by atoms with E-state index in [1.807, 2.05) is 14.1 Å². The van der Waals surface area contributed by atoms with E-state index < -0.39 is 0 Å². The third-order valence-corrected chi connectivity index (χ3v) is 11.9. The normalized spacial score (nSPS) is 11.7. The Morgan fingerprint density at radius 3 is 1.30 bits per heavy atom. The fraction of sp³-hybridized carbons (Fsp3) is 0.942. The number of carbonyl (C=O) groups excluding carboxylic acids is 3. The van der Waals surface area contributed by atoms with Gasteiger partial charge in [0.05, 0.1) is 6.61 Å². The maximum atomic E-state index is 12.8. The van der Waals surface area contributed by atoms with Crippen molar-refractivity contribution in [2.45, 2.75) is 259 Å². The molecule has 0 aromatic heterocycles. The Kier molecular flexibility index (Phi) is 44.1. The quantitative estimate of drug-likeness (QED) is 0.0340. The standard InChI is InChI=1S/C52H102N2O6/c1-7-9-11-13-20-28-37-49(38-29-21-14-12-10-8-2)60-52(57)40-31-23-17-24-32-43-54(45-47-59-51(56)41-35-42-53(5)6)44-33-25-18-26-34-46-58-50(55)39-30-22-16-15-19-27-36-48(3)4/h48-49H,7-47H2,1-6H3. The zero-order valence-corrected chi connectivity index (χ0v) is 41.0. The van der Waals surface area contributed by atoms with Gasteiger partial charge in [-0.25, -0.2) is 0 Å². The molecule has 0 fully saturated rings. The van der Waals surface area contributed by atoms with Gasteiger partial charge in [0.2, 0.25) is 0 Å². The van der Waals surface area contributed by atoms with Crippen molar-refractivity contribution in [1.82, 2.24) is 9.80 Å². The number of rotatable bonds is 47. The van der Waals surface area contributed by atoms with E-state index in [0.717, 1.165) is 128 Å². The number of hydrogen-bond acceptors (Lipinski definition) is 8. The van der Waals surface area contributed by atoms with Gasteiger partial charge in [-0.15, -0.1) is 0 Å². The third kappa shape index (κ3) is 44.4. The van der Waals surface area contributed by atoms with Crippen LogP contribution in [-0.2, 0) is 28.6 Å². The Hall–Kier alpha value is -1.67. The van der Waals surface area contributed by atoms with Crippen molar-refractivity contribution in [3.63, 3.8) is 0 Å². The second kappa shape index (κ2) is 45.4. The summed E-state index contributed by atoms with van der Waals surface area (Å²) in [6, 6.07) is 0. The number of unbranched alkanes of at least 4 members (excludes halogenated alkanes) is 23. The minimum absolute atomic E-state index is 0.00397. The van der Waals surface area contributed by atoms with Crippen molar-refractivity contribution >= 4 is 17.9 Å². The minimum atomic E-state index is -0.0975. The van der Waals surface area contributed by atoms with Gasteiger partial charge in [-0.1, -0.05) is 169 Å². The molecule has 0 heterocycles. The monoisotopic (exact) mass is 851 g/mol. The van der Waals surface area contributed by atoms with Crippen LogP contribution in [0.4, 0.5) is 0 Å². The number of hydrogen-bond donors (Lipinski definition) is 0. The Morgan fingerprint density at radius 2 is 0.800 bits per heavy atom. The lowest BCUT2D eigenvalue weighted by Gasteiger charge is -2.22. The first kappa shape index (κ1) is 58.3. The van der Waals surface area contributed by atoms with Crippen molar-refractivity contribution < 1.29 is 28.6 Å². The first-order valence-electron chi connectivity index (χ1n) is 26.1. The molecule has 60 heavy (non-hydrogen) atoms. The van der Waals surface area contributed by atoms with Crippen molar-refractivity contribution in [1.29, 1.82) is 0 Å². The number of ether oxygens (including phenoxy) is 3. The second-order valence-corrected chi connectivity index (χ2v) is 18.8. The van der Waals surface area contributed by atoms with Crippen molar-refractivity contribution in [2.24, 2.45) is 5.92 Å². The van der Waals surface area contributed by atoms with Gasteiger partial charge in [0.15, 0.2) is 0 Å². The summed E-state index contributed by atoms with van der Waals surface area (Å²) in [5.41, 5.74) is 0. The summed E-state index contributed by atoms with van der Waals surface area (Å²) in [5, 5.41) is 0. The molecule has 0 rings (SSSR count). The summed E-state index contributed by atoms with van der Waals surface area (Å²) in [7, 11) is 4.05. The lowest BCUT2D eigenvalue weighted by atomic mass is 10.0. The van der Waals surface area contributed by atoms with E-state index in [2.05, 4.69) is 37.5 Å². The van der Waals surface area contributed by atoms with Gasteiger partial charge in [-0.3, -0.25) is 19.3 Å². The van der Waals surface area contributed by atoms with Gasteiger partial charge in [-0.2, -0.15) is 0 Å². The maximum absolute atomic E-state index is 12.8. The van der Waals surface area contributed by atoms with Crippen LogP contribution in [0.5, 0.6) is 0 Å². The fourth-order valence-corrected chi connectivity index (χ4v) is 7.94. The Labute approximate surface area is 373 Å². The van der Waals surface area contributed by atoms with Gasteiger partial charge in [0.1, 0.15) is 12.7 Å². The molecule has 8 heteroatoms. The van der Waals surface area contributed by atoms with E-state index in [4.69, 9.17) is 14.2 Å². The van der Waals surface area contributed by atoms with Crippen LogP contribution in [0, 0.1) is 5.92 Å². The second-order valence-electron chi connectivity index (χ2n) is 18.8. The summed E-state index contributed by atoms with van der Waals surface area (Å²) in [4.78, 5) is 41.8. The largest absolute Gasteiger partial charge is 0.466 e. The average Bonchev–Trinajstić information content (AvgIpc) is 3.21. The van der Waals surface area contributed by atoms with Crippen LogP contribution < -0.4 is 0 Å². The first-order chi connectivity index (χ1) is 29.2. The molecule has 0 N–H and O–H groups in total. The van der Waals surface area contributed by atoms with E-state index >= 15 is 0 Å². The molecule has 0 spiro atoms. The van der Waals surface area contributed by atoms with Crippen molar-refractivity contribution in [3.8, 4) is 0 Å². The van der Waals surface area contributed by atoms with E-state index in [1.54, 1.807) is 0 Å². The maximum Gasteiger partial charge on any atom is 0.306 e. The number of nitrogens with zero attached hydrogens (tertiary/aromatic N) is 2. The molecule has 0 radical (unpaired) electrons.